The second-order valence-corrected chi connectivity index (χ2v) is 6.20. The van der Waals surface area contributed by atoms with E-state index < -0.39 is 0 Å². The second-order valence-electron chi connectivity index (χ2n) is 4.78. The zero-order valence-corrected chi connectivity index (χ0v) is 12.5. The van der Waals surface area contributed by atoms with Crippen molar-refractivity contribution >= 4 is 11.8 Å². The average molecular weight is 275 g/mol. The van der Waals surface area contributed by atoms with Gasteiger partial charge in [-0.05, 0) is 30.5 Å². The first kappa shape index (κ1) is 14.2. The Morgan fingerprint density at radius 1 is 1.21 bits per heavy atom. The van der Waals surface area contributed by atoms with Gasteiger partial charge in [-0.25, -0.2) is 0 Å². The number of furan rings is 1. The van der Waals surface area contributed by atoms with Crippen molar-refractivity contribution in [2.45, 2.75) is 43.4 Å². The van der Waals surface area contributed by atoms with Crippen LogP contribution in [0.2, 0.25) is 0 Å². The Hall–Kier alpha value is -1.19. The van der Waals surface area contributed by atoms with Crippen molar-refractivity contribution < 1.29 is 4.42 Å². The molecule has 2 nitrogen and oxygen atoms in total. The van der Waals surface area contributed by atoms with Gasteiger partial charge >= 0.3 is 0 Å². The van der Waals surface area contributed by atoms with Gasteiger partial charge in [0, 0.05) is 16.2 Å². The van der Waals surface area contributed by atoms with E-state index in [2.05, 4.69) is 38.1 Å². The van der Waals surface area contributed by atoms with Crippen LogP contribution < -0.4 is 5.73 Å². The van der Waals surface area contributed by atoms with Gasteiger partial charge in [0.1, 0.15) is 5.76 Å². The van der Waals surface area contributed by atoms with Gasteiger partial charge < -0.3 is 10.2 Å². The number of nitrogens with two attached hydrogens (primary N) is 1. The normalized spacial score (nSPS) is 14.3. The summed E-state index contributed by atoms with van der Waals surface area (Å²) in [6, 6.07) is 10.6. The number of rotatable bonds is 5. The smallest absolute Gasteiger partial charge is 0.114 e. The van der Waals surface area contributed by atoms with E-state index in [0.717, 1.165) is 12.2 Å². The van der Waals surface area contributed by atoms with Crippen molar-refractivity contribution in [1.82, 2.24) is 0 Å². The highest BCUT2D eigenvalue weighted by molar-refractivity contribution is 8.00. The average Bonchev–Trinajstić information content (AvgIpc) is 2.83. The highest BCUT2D eigenvalue weighted by Gasteiger charge is 2.17. The Balaban J connectivity index is 2.05. The maximum Gasteiger partial charge on any atom is 0.114 e. The first-order valence-electron chi connectivity index (χ1n) is 6.67. The molecule has 0 saturated heterocycles. The molecule has 0 spiro atoms. The number of benzene rings is 1. The summed E-state index contributed by atoms with van der Waals surface area (Å²) in [7, 11) is 0. The lowest BCUT2D eigenvalue weighted by Gasteiger charge is -2.19. The summed E-state index contributed by atoms with van der Waals surface area (Å²) in [6.45, 7) is 6.31. The van der Waals surface area contributed by atoms with Crippen LogP contribution in [0.3, 0.4) is 0 Å². The highest BCUT2D eigenvalue weighted by Crippen LogP contribution is 2.33. The zero-order valence-electron chi connectivity index (χ0n) is 11.7. The van der Waals surface area contributed by atoms with Gasteiger partial charge in [-0.15, -0.1) is 11.8 Å². The molecule has 0 fully saturated rings. The lowest BCUT2D eigenvalue weighted by atomic mass is 10.0. The molecular formula is C16H21NOS. The van der Waals surface area contributed by atoms with Gasteiger partial charge in [0.15, 0.2) is 0 Å². The molecule has 2 rings (SSSR count). The van der Waals surface area contributed by atoms with Crippen LogP contribution >= 0.6 is 11.8 Å². The third-order valence-corrected chi connectivity index (χ3v) is 4.75. The molecule has 1 aromatic heterocycles. The van der Waals surface area contributed by atoms with Crippen LogP contribution in [0.4, 0.5) is 0 Å². The molecule has 1 aromatic carbocycles. The third kappa shape index (κ3) is 3.43. The fourth-order valence-electron chi connectivity index (χ4n) is 2.02. The molecule has 2 N–H and O–H groups in total. The molecule has 2 unspecified atom stereocenters. The Labute approximate surface area is 119 Å². The maximum atomic E-state index is 6.35. The van der Waals surface area contributed by atoms with E-state index in [-0.39, 0.29) is 6.04 Å². The number of hydrogen-bond acceptors (Lipinski definition) is 3. The molecule has 2 aromatic rings. The molecule has 19 heavy (non-hydrogen) atoms. The van der Waals surface area contributed by atoms with Crippen molar-refractivity contribution in [2.75, 3.05) is 0 Å². The third-order valence-electron chi connectivity index (χ3n) is 3.40. The van der Waals surface area contributed by atoms with E-state index >= 15 is 0 Å². The van der Waals surface area contributed by atoms with E-state index in [1.807, 2.05) is 13.0 Å². The topological polar surface area (TPSA) is 39.2 Å². The fraction of sp³-hybridized carbons (Fsp3) is 0.375. The molecule has 0 radical (unpaired) electrons. The van der Waals surface area contributed by atoms with E-state index in [0.29, 0.717) is 5.25 Å². The van der Waals surface area contributed by atoms with E-state index in [1.165, 1.54) is 16.0 Å². The van der Waals surface area contributed by atoms with Crippen molar-refractivity contribution in [3.05, 3.63) is 53.5 Å². The highest BCUT2D eigenvalue weighted by atomic mass is 32.2. The van der Waals surface area contributed by atoms with Crippen LogP contribution in [0.5, 0.6) is 0 Å². The summed E-state index contributed by atoms with van der Waals surface area (Å²) >= 11 is 1.77. The van der Waals surface area contributed by atoms with Crippen molar-refractivity contribution in [2.24, 2.45) is 5.73 Å². The van der Waals surface area contributed by atoms with Crippen molar-refractivity contribution in [3.63, 3.8) is 0 Å². The lowest BCUT2D eigenvalue weighted by Crippen LogP contribution is -2.21. The Bertz CT molecular complexity index is 518. The van der Waals surface area contributed by atoms with Gasteiger partial charge in [0.25, 0.3) is 0 Å². The van der Waals surface area contributed by atoms with Gasteiger partial charge in [-0.2, -0.15) is 0 Å². The summed E-state index contributed by atoms with van der Waals surface area (Å²) in [5.41, 5.74) is 8.89. The lowest BCUT2D eigenvalue weighted by molar-refractivity contribution is 0.526. The predicted molar refractivity (Wildman–Crippen MR) is 81.5 cm³/mol. The summed E-state index contributed by atoms with van der Waals surface area (Å²) in [5.74, 6) is 0.963. The predicted octanol–water partition coefficient (Wildman–Crippen LogP) is 4.33. The summed E-state index contributed by atoms with van der Waals surface area (Å²) in [5, 5.41) is 0.309. The van der Waals surface area contributed by atoms with Crippen LogP contribution in [0.1, 0.15) is 36.8 Å². The molecule has 0 aliphatic heterocycles. The minimum absolute atomic E-state index is 0.0326. The van der Waals surface area contributed by atoms with E-state index in [9.17, 15) is 0 Å². The van der Waals surface area contributed by atoms with Crippen LogP contribution in [0.25, 0.3) is 0 Å². The molecule has 3 heteroatoms. The Kier molecular flexibility index (Phi) is 4.72. The molecule has 0 saturated carbocycles. The van der Waals surface area contributed by atoms with Crippen LogP contribution in [0.15, 0.2) is 45.9 Å². The summed E-state index contributed by atoms with van der Waals surface area (Å²) in [4.78, 5) is 1.17. The number of thioether (sulfide) groups is 1. The fourth-order valence-corrected chi connectivity index (χ4v) is 3.07. The van der Waals surface area contributed by atoms with Gasteiger partial charge in [0.05, 0.1) is 6.26 Å². The van der Waals surface area contributed by atoms with Crippen LogP contribution in [-0.2, 0) is 6.42 Å². The van der Waals surface area contributed by atoms with Gasteiger partial charge in [0.2, 0.25) is 0 Å². The first-order chi connectivity index (χ1) is 9.11. The Morgan fingerprint density at radius 2 is 1.89 bits per heavy atom. The van der Waals surface area contributed by atoms with E-state index in [4.69, 9.17) is 10.2 Å². The molecule has 0 aliphatic carbocycles. The molecule has 0 amide bonds. The maximum absolute atomic E-state index is 6.35. The standard InChI is InChI=1S/C16H21NOS/c1-4-13-5-7-14(8-6-13)16(17)12(3)19-15-9-10-18-11(15)2/h5-10,12,16H,4,17H2,1-3H3. The second kappa shape index (κ2) is 6.31. The van der Waals surface area contributed by atoms with E-state index in [1.54, 1.807) is 18.0 Å². The molecule has 1 heterocycles. The Morgan fingerprint density at radius 3 is 2.42 bits per heavy atom. The van der Waals surface area contributed by atoms with Crippen LogP contribution in [-0.4, -0.2) is 5.25 Å². The molecule has 0 aliphatic rings. The van der Waals surface area contributed by atoms with Crippen LogP contribution in [0, 0.1) is 6.92 Å². The quantitative estimate of drug-likeness (QED) is 0.825. The minimum Gasteiger partial charge on any atom is -0.468 e. The largest absolute Gasteiger partial charge is 0.468 e. The summed E-state index contributed by atoms with van der Waals surface area (Å²) in [6.07, 6.45) is 2.79. The van der Waals surface area contributed by atoms with Gasteiger partial charge in [-0.1, -0.05) is 38.1 Å². The first-order valence-corrected chi connectivity index (χ1v) is 7.55. The van der Waals surface area contributed by atoms with Crippen molar-refractivity contribution in [3.8, 4) is 0 Å². The van der Waals surface area contributed by atoms with Gasteiger partial charge in [-0.3, -0.25) is 0 Å². The van der Waals surface area contributed by atoms with Crippen molar-refractivity contribution in [1.29, 1.82) is 0 Å². The number of aryl methyl sites for hydroxylation is 2. The number of hydrogen-bond donors (Lipinski definition) is 1. The molecule has 0 bridgehead atoms. The molecule has 102 valence electrons. The molecular weight excluding hydrogens is 254 g/mol. The SMILES string of the molecule is CCc1ccc(C(N)C(C)Sc2ccoc2C)cc1. The monoisotopic (exact) mass is 275 g/mol. The zero-order chi connectivity index (χ0) is 13.8. The summed E-state index contributed by atoms with van der Waals surface area (Å²) < 4.78 is 5.32. The minimum atomic E-state index is 0.0326. The molecule has 2 atom stereocenters.